The van der Waals surface area contributed by atoms with Gasteiger partial charge >= 0.3 is 12.0 Å². The number of aryl methyl sites for hydroxylation is 1. The maximum atomic E-state index is 12.4. The molecule has 0 fully saturated rings. The van der Waals surface area contributed by atoms with Crippen LogP contribution in [0.3, 0.4) is 0 Å². The summed E-state index contributed by atoms with van der Waals surface area (Å²) in [6.45, 7) is 1.44. The molecule has 2 aromatic rings. The first-order chi connectivity index (χ1) is 12.7. The predicted octanol–water partition coefficient (Wildman–Crippen LogP) is 1.01. The van der Waals surface area contributed by atoms with E-state index in [1.807, 2.05) is 0 Å². The van der Waals surface area contributed by atoms with Gasteiger partial charge in [0.1, 0.15) is 4.90 Å². The van der Waals surface area contributed by atoms with E-state index in [9.17, 15) is 23.1 Å². The molecule has 1 heterocycles. The minimum absolute atomic E-state index is 0.0758. The van der Waals surface area contributed by atoms with Crippen LogP contribution in [0.25, 0.3) is 0 Å². The fraction of sp³-hybridized carbons (Fsp3) is 0.200. The van der Waals surface area contributed by atoms with Crippen molar-refractivity contribution in [3.8, 4) is 11.8 Å². The van der Waals surface area contributed by atoms with Crippen molar-refractivity contribution in [2.24, 2.45) is 0 Å². The number of aromatic carboxylic acids is 1. The standard InChI is InChI=1S/C15H16N4O7S/c1-8-5-4-6-9(12(8)13(20)21)27(23,24)19-15(22)18-14-16-10(25-2)7-11(17-14)26-3/h4-7H,1-3H3,(H,20,21)(H2,16,17,18,19,22). The third-order valence-electron chi connectivity index (χ3n) is 3.29. The number of benzene rings is 1. The molecule has 0 aliphatic carbocycles. The molecule has 0 atom stereocenters. The minimum Gasteiger partial charge on any atom is -0.481 e. The van der Waals surface area contributed by atoms with Crippen molar-refractivity contribution >= 4 is 28.0 Å². The number of sulfonamides is 1. The molecule has 0 saturated heterocycles. The maximum absolute atomic E-state index is 12.4. The minimum atomic E-state index is -4.47. The second-order valence-corrected chi connectivity index (χ2v) is 6.74. The van der Waals surface area contributed by atoms with Gasteiger partial charge in [-0.25, -0.2) is 22.7 Å². The summed E-state index contributed by atoms with van der Waals surface area (Å²) in [4.78, 5) is 30.5. The number of hydrogen-bond donors (Lipinski definition) is 3. The summed E-state index contributed by atoms with van der Waals surface area (Å²) < 4.78 is 36.4. The van der Waals surface area contributed by atoms with Crippen LogP contribution in [0.2, 0.25) is 0 Å². The lowest BCUT2D eigenvalue weighted by atomic mass is 10.1. The van der Waals surface area contributed by atoms with Crippen molar-refractivity contribution in [3.05, 3.63) is 35.4 Å². The number of rotatable bonds is 6. The Bertz CT molecular complexity index is 969. The lowest BCUT2D eigenvalue weighted by Crippen LogP contribution is -2.35. The van der Waals surface area contributed by atoms with Crippen LogP contribution in [-0.4, -0.2) is 49.7 Å². The summed E-state index contributed by atoms with van der Waals surface area (Å²) in [5.74, 6) is -1.56. The van der Waals surface area contributed by atoms with Crippen LogP contribution in [-0.2, 0) is 10.0 Å². The number of aromatic nitrogens is 2. The van der Waals surface area contributed by atoms with E-state index >= 15 is 0 Å². The number of carbonyl (C=O) groups is 2. The number of carboxylic acids is 1. The summed E-state index contributed by atoms with van der Waals surface area (Å²) >= 11 is 0. The Hall–Kier alpha value is -3.41. The van der Waals surface area contributed by atoms with Crippen LogP contribution in [0, 0.1) is 6.92 Å². The van der Waals surface area contributed by atoms with E-state index in [4.69, 9.17) is 9.47 Å². The lowest BCUT2D eigenvalue weighted by molar-refractivity contribution is 0.0691. The summed E-state index contributed by atoms with van der Waals surface area (Å²) in [6.07, 6.45) is 0. The molecule has 0 aliphatic heterocycles. The Morgan fingerprint density at radius 3 is 2.22 bits per heavy atom. The van der Waals surface area contributed by atoms with Gasteiger partial charge in [-0.1, -0.05) is 12.1 Å². The largest absolute Gasteiger partial charge is 0.481 e. The predicted molar refractivity (Wildman–Crippen MR) is 92.6 cm³/mol. The highest BCUT2D eigenvalue weighted by atomic mass is 32.2. The summed E-state index contributed by atoms with van der Waals surface area (Å²) in [5.41, 5.74) is -0.205. The van der Waals surface area contributed by atoms with E-state index in [0.29, 0.717) is 0 Å². The van der Waals surface area contributed by atoms with Crippen LogP contribution < -0.4 is 19.5 Å². The Morgan fingerprint density at radius 1 is 1.11 bits per heavy atom. The lowest BCUT2D eigenvalue weighted by Gasteiger charge is -2.12. The molecule has 0 aliphatic rings. The van der Waals surface area contributed by atoms with Gasteiger partial charge in [-0.2, -0.15) is 9.97 Å². The molecule has 3 N–H and O–H groups in total. The van der Waals surface area contributed by atoms with Crippen LogP contribution >= 0.6 is 0 Å². The highest BCUT2D eigenvalue weighted by molar-refractivity contribution is 7.90. The fourth-order valence-electron chi connectivity index (χ4n) is 2.11. The molecule has 0 saturated carbocycles. The Labute approximate surface area is 154 Å². The summed E-state index contributed by atoms with van der Waals surface area (Å²) in [7, 11) is -1.80. The number of nitrogens with one attached hydrogen (secondary N) is 2. The molecule has 12 heteroatoms. The molecule has 11 nitrogen and oxygen atoms in total. The van der Waals surface area contributed by atoms with Gasteiger partial charge in [0.25, 0.3) is 10.0 Å². The van der Waals surface area contributed by atoms with E-state index in [2.05, 4.69) is 15.3 Å². The highest BCUT2D eigenvalue weighted by Crippen LogP contribution is 2.20. The smallest absolute Gasteiger partial charge is 0.337 e. The molecule has 0 spiro atoms. The normalized spacial score (nSPS) is 10.8. The van der Waals surface area contributed by atoms with Crippen molar-refractivity contribution in [1.29, 1.82) is 0 Å². The van der Waals surface area contributed by atoms with Gasteiger partial charge in [-0.05, 0) is 18.6 Å². The maximum Gasteiger partial charge on any atom is 0.337 e. The quantitative estimate of drug-likeness (QED) is 0.648. The van der Waals surface area contributed by atoms with Gasteiger partial charge in [0.2, 0.25) is 17.7 Å². The molecule has 0 radical (unpaired) electrons. The van der Waals surface area contributed by atoms with Gasteiger partial charge < -0.3 is 14.6 Å². The zero-order valence-corrected chi connectivity index (χ0v) is 15.3. The van der Waals surface area contributed by atoms with E-state index in [1.165, 1.54) is 39.3 Å². The van der Waals surface area contributed by atoms with Crippen molar-refractivity contribution in [3.63, 3.8) is 0 Å². The third-order valence-corrected chi connectivity index (χ3v) is 4.66. The van der Waals surface area contributed by atoms with Gasteiger partial charge in [0, 0.05) is 0 Å². The molecule has 2 amide bonds. The molecule has 1 aromatic carbocycles. The number of carboxylic acid groups (broad SMARTS) is 1. The Morgan fingerprint density at radius 2 is 1.70 bits per heavy atom. The number of nitrogens with zero attached hydrogens (tertiary/aromatic N) is 2. The van der Waals surface area contributed by atoms with Gasteiger partial charge in [0.05, 0.1) is 25.8 Å². The highest BCUT2D eigenvalue weighted by Gasteiger charge is 2.26. The third kappa shape index (κ3) is 4.61. The average molecular weight is 396 g/mol. The van der Waals surface area contributed by atoms with E-state index in [-0.39, 0.29) is 23.3 Å². The zero-order chi connectivity index (χ0) is 20.2. The number of urea groups is 1. The van der Waals surface area contributed by atoms with Gasteiger partial charge in [-0.15, -0.1) is 0 Å². The number of carbonyl (C=O) groups excluding carboxylic acids is 1. The first kappa shape index (κ1) is 19.9. The molecule has 27 heavy (non-hydrogen) atoms. The molecule has 2 rings (SSSR count). The molecule has 0 bridgehead atoms. The van der Waals surface area contributed by atoms with Crippen molar-refractivity contribution < 1.29 is 32.6 Å². The fourth-order valence-corrected chi connectivity index (χ4v) is 3.29. The van der Waals surface area contributed by atoms with Gasteiger partial charge in [-0.3, -0.25) is 5.32 Å². The molecule has 144 valence electrons. The number of amides is 2. The van der Waals surface area contributed by atoms with Crippen molar-refractivity contribution in [1.82, 2.24) is 14.7 Å². The van der Waals surface area contributed by atoms with E-state index in [0.717, 1.165) is 6.07 Å². The average Bonchev–Trinajstić information content (AvgIpc) is 2.60. The van der Waals surface area contributed by atoms with Crippen molar-refractivity contribution in [2.45, 2.75) is 11.8 Å². The Kier molecular flexibility index (Phi) is 5.80. The van der Waals surface area contributed by atoms with Crippen LogP contribution in [0.15, 0.2) is 29.2 Å². The SMILES string of the molecule is COc1cc(OC)nc(NC(=O)NS(=O)(=O)c2cccc(C)c2C(=O)O)n1. The van der Waals surface area contributed by atoms with Crippen LogP contribution in [0.1, 0.15) is 15.9 Å². The van der Waals surface area contributed by atoms with Crippen LogP contribution in [0.5, 0.6) is 11.8 Å². The second kappa shape index (κ2) is 7.86. The number of hydrogen-bond acceptors (Lipinski definition) is 8. The number of anilines is 1. The Balaban J connectivity index is 2.28. The first-order valence-electron chi connectivity index (χ1n) is 7.31. The molecule has 1 aromatic heterocycles. The summed E-state index contributed by atoms with van der Waals surface area (Å²) in [6, 6.07) is 4.05. The molecule has 0 unspecified atom stereocenters. The number of methoxy groups -OCH3 is 2. The van der Waals surface area contributed by atoms with E-state index in [1.54, 1.807) is 4.72 Å². The topological polar surface area (TPSA) is 157 Å². The monoisotopic (exact) mass is 396 g/mol. The second-order valence-electron chi connectivity index (χ2n) is 5.09. The van der Waals surface area contributed by atoms with Gasteiger partial charge in [0.15, 0.2) is 0 Å². The van der Waals surface area contributed by atoms with Crippen LogP contribution in [0.4, 0.5) is 10.7 Å². The molecular weight excluding hydrogens is 380 g/mol. The molecular formula is C15H16N4O7S. The number of ether oxygens (including phenoxy) is 2. The van der Waals surface area contributed by atoms with Crippen molar-refractivity contribution in [2.75, 3.05) is 19.5 Å². The summed E-state index contributed by atoms with van der Waals surface area (Å²) in [5, 5.41) is 11.4. The van der Waals surface area contributed by atoms with E-state index < -0.39 is 32.5 Å². The zero-order valence-electron chi connectivity index (χ0n) is 14.5. The first-order valence-corrected chi connectivity index (χ1v) is 8.80.